The first kappa shape index (κ1) is 22.5. The van der Waals surface area contributed by atoms with E-state index in [1.807, 2.05) is 17.0 Å². The summed E-state index contributed by atoms with van der Waals surface area (Å²) in [7, 11) is -3.49. The number of piperazine rings is 1. The Hall–Kier alpha value is -1.74. The van der Waals surface area contributed by atoms with E-state index in [-0.39, 0.29) is 11.8 Å². The molecule has 2 saturated heterocycles. The number of carbonyl (C=O) groups is 1. The Bertz CT molecular complexity index is 1000. The minimum atomic E-state index is -3.49. The first-order valence-corrected chi connectivity index (χ1v) is 13.0. The van der Waals surface area contributed by atoms with Crippen LogP contribution in [0.5, 0.6) is 0 Å². The van der Waals surface area contributed by atoms with Crippen LogP contribution in [-0.2, 0) is 21.4 Å². The van der Waals surface area contributed by atoms with Crippen LogP contribution in [0, 0.1) is 5.92 Å². The predicted octanol–water partition coefficient (Wildman–Crippen LogP) is 3.19. The number of likely N-dealkylation sites (tertiary alicyclic amines) is 1. The minimum absolute atomic E-state index is 0.0380. The zero-order valence-electron chi connectivity index (χ0n) is 17.5. The van der Waals surface area contributed by atoms with E-state index in [2.05, 4.69) is 33.0 Å². The summed E-state index contributed by atoms with van der Waals surface area (Å²) in [5, 5.41) is 0. The van der Waals surface area contributed by atoms with Gasteiger partial charge in [-0.1, -0.05) is 46.3 Å². The molecule has 0 unspecified atom stereocenters. The number of benzene rings is 2. The van der Waals surface area contributed by atoms with Gasteiger partial charge in [-0.3, -0.25) is 9.69 Å². The summed E-state index contributed by atoms with van der Waals surface area (Å²) in [6.07, 6.45) is 1.71. The van der Waals surface area contributed by atoms with E-state index in [0.717, 1.165) is 36.9 Å². The van der Waals surface area contributed by atoms with Crippen LogP contribution < -0.4 is 0 Å². The Kier molecular flexibility index (Phi) is 7.11. The average Bonchev–Trinajstić information content (AvgIpc) is 2.80. The molecule has 0 aromatic heterocycles. The van der Waals surface area contributed by atoms with E-state index in [9.17, 15) is 13.2 Å². The highest BCUT2D eigenvalue weighted by atomic mass is 79.9. The predicted molar refractivity (Wildman–Crippen MR) is 124 cm³/mol. The third-order valence-corrected chi connectivity index (χ3v) is 8.57. The van der Waals surface area contributed by atoms with Gasteiger partial charge in [0.2, 0.25) is 15.9 Å². The van der Waals surface area contributed by atoms with Crippen molar-refractivity contribution in [2.24, 2.45) is 5.92 Å². The van der Waals surface area contributed by atoms with Gasteiger partial charge in [-0.15, -0.1) is 0 Å². The van der Waals surface area contributed by atoms with Crippen LogP contribution >= 0.6 is 15.9 Å². The molecule has 0 N–H and O–H groups in total. The molecule has 31 heavy (non-hydrogen) atoms. The zero-order valence-corrected chi connectivity index (χ0v) is 19.9. The molecule has 2 aliphatic heterocycles. The summed E-state index contributed by atoms with van der Waals surface area (Å²) in [4.78, 5) is 17.6. The number of hydrogen-bond donors (Lipinski definition) is 0. The van der Waals surface area contributed by atoms with Gasteiger partial charge in [-0.25, -0.2) is 8.42 Å². The SMILES string of the molecule is O=C(C1CCN(Cc2cccc(Br)c2)CC1)N1CCN(S(=O)(=O)c2ccccc2)CC1. The molecule has 6 nitrogen and oxygen atoms in total. The number of carbonyl (C=O) groups excluding carboxylic acids is 1. The second kappa shape index (κ2) is 9.81. The number of amides is 1. The maximum atomic E-state index is 13.0. The van der Waals surface area contributed by atoms with Crippen LogP contribution in [0.15, 0.2) is 64.0 Å². The Balaban J connectivity index is 1.27. The second-order valence-electron chi connectivity index (χ2n) is 8.22. The van der Waals surface area contributed by atoms with Crippen molar-refractivity contribution in [3.8, 4) is 0 Å². The lowest BCUT2D eigenvalue weighted by atomic mass is 9.94. The first-order valence-electron chi connectivity index (χ1n) is 10.7. The third-order valence-electron chi connectivity index (χ3n) is 6.16. The van der Waals surface area contributed by atoms with E-state index in [4.69, 9.17) is 0 Å². The van der Waals surface area contributed by atoms with Crippen molar-refractivity contribution in [3.63, 3.8) is 0 Å². The normalized spacial score (nSPS) is 19.5. The first-order chi connectivity index (χ1) is 14.9. The molecule has 8 heteroatoms. The highest BCUT2D eigenvalue weighted by molar-refractivity contribution is 9.10. The molecule has 166 valence electrons. The number of hydrogen-bond acceptors (Lipinski definition) is 4. The Morgan fingerprint density at radius 1 is 0.903 bits per heavy atom. The summed E-state index contributed by atoms with van der Waals surface area (Å²) < 4.78 is 28.2. The fourth-order valence-electron chi connectivity index (χ4n) is 4.38. The number of halogens is 1. The molecule has 0 spiro atoms. The van der Waals surface area contributed by atoms with E-state index in [1.165, 1.54) is 9.87 Å². The highest BCUT2D eigenvalue weighted by Gasteiger charge is 2.33. The molecule has 2 heterocycles. The molecular formula is C23H28BrN3O3S. The van der Waals surface area contributed by atoms with Gasteiger partial charge >= 0.3 is 0 Å². The number of piperidine rings is 1. The van der Waals surface area contributed by atoms with Gasteiger partial charge in [0.05, 0.1) is 4.90 Å². The summed E-state index contributed by atoms with van der Waals surface area (Å²) in [5.41, 5.74) is 1.27. The lowest BCUT2D eigenvalue weighted by Gasteiger charge is -2.38. The van der Waals surface area contributed by atoms with Crippen LogP contribution in [0.2, 0.25) is 0 Å². The molecule has 2 aromatic rings. The molecule has 0 saturated carbocycles. The molecule has 1 amide bonds. The van der Waals surface area contributed by atoms with E-state index < -0.39 is 10.0 Å². The van der Waals surface area contributed by atoms with Gasteiger partial charge in [0.15, 0.2) is 0 Å². The smallest absolute Gasteiger partial charge is 0.243 e. The Morgan fingerprint density at radius 2 is 1.58 bits per heavy atom. The molecule has 0 aliphatic carbocycles. The van der Waals surface area contributed by atoms with Gasteiger partial charge in [0.25, 0.3) is 0 Å². The van der Waals surface area contributed by atoms with Gasteiger partial charge in [0, 0.05) is 43.1 Å². The minimum Gasteiger partial charge on any atom is -0.340 e. The average molecular weight is 506 g/mol. The standard InChI is InChI=1S/C23H28BrN3O3S/c24-21-6-4-5-19(17-21)18-25-11-9-20(10-12-25)23(28)26-13-15-27(16-14-26)31(29,30)22-7-2-1-3-8-22/h1-8,17,20H,9-16,18H2. The van der Waals surface area contributed by atoms with Crippen molar-refractivity contribution in [3.05, 3.63) is 64.6 Å². The van der Waals surface area contributed by atoms with Crippen molar-refractivity contribution in [2.75, 3.05) is 39.3 Å². The van der Waals surface area contributed by atoms with Gasteiger partial charge in [-0.2, -0.15) is 4.31 Å². The van der Waals surface area contributed by atoms with Crippen LogP contribution in [0.3, 0.4) is 0 Å². The van der Waals surface area contributed by atoms with E-state index >= 15 is 0 Å². The van der Waals surface area contributed by atoms with Crippen LogP contribution in [-0.4, -0.2) is 67.7 Å². The highest BCUT2D eigenvalue weighted by Crippen LogP contribution is 2.24. The van der Waals surface area contributed by atoms with Gasteiger partial charge in [-0.05, 0) is 55.8 Å². The summed E-state index contributed by atoms with van der Waals surface area (Å²) in [6, 6.07) is 16.9. The molecule has 0 bridgehead atoms. The fraction of sp³-hybridized carbons (Fsp3) is 0.435. The van der Waals surface area contributed by atoms with E-state index in [0.29, 0.717) is 31.1 Å². The van der Waals surface area contributed by atoms with Crippen molar-refractivity contribution >= 4 is 31.9 Å². The van der Waals surface area contributed by atoms with Gasteiger partial charge < -0.3 is 4.90 Å². The van der Waals surface area contributed by atoms with Crippen molar-refractivity contribution < 1.29 is 13.2 Å². The monoisotopic (exact) mass is 505 g/mol. The zero-order chi connectivity index (χ0) is 21.8. The lowest BCUT2D eigenvalue weighted by molar-refractivity contribution is -0.138. The van der Waals surface area contributed by atoms with Crippen LogP contribution in [0.4, 0.5) is 0 Å². The van der Waals surface area contributed by atoms with Crippen molar-refractivity contribution in [2.45, 2.75) is 24.3 Å². The molecule has 0 atom stereocenters. The van der Waals surface area contributed by atoms with Crippen molar-refractivity contribution in [1.82, 2.24) is 14.1 Å². The van der Waals surface area contributed by atoms with Crippen LogP contribution in [0.1, 0.15) is 18.4 Å². The quantitative estimate of drug-likeness (QED) is 0.625. The third kappa shape index (κ3) is 5.37. The number of sulfonamides is 1. The topological polar surface area (TPSA) is 60.9 Å². The maximum Gasteiger partial charge on any atom is 0.243 e. The molecule has 2 aliphatic rings. The number of nitrogens with zero attached hydrogens (tertiary/aromatic N) is 3. The fourth-order valence-corrected chi connectivity index (χ4v) is 6.27. The Morgan fingerprint density at radius 3 is 2.23 bits per heavy atom. The molecule has 4 rings (SSSR count). The number of rotatable bonds is 5. The lowest BCUT2D eigenvalue weighted by Crippen LogP contribution is -2.52. The summed E-state index contributed by atoms with van der Waals surface area (Å²) in [6.45, 7) is 4.34. The maximum absolute atomic E-state index is 13.0. The molecule has 2 aromatic carbocycles. The summed E-state index contributed by atoms with van der Waals surface area (Å²) in [5.74, 6) is 0.218. The summed E-state index contributed by atoms with van der Waals surface area (Å²) >= 11 is 3.52. The van der Waals surface area contributed by atoms with E-state index in [1.54, 1.807) is 30.3 Å². The van der Waals surface area contributed by atoms with Crippen LogP contribution in [0.25, 0.3) is 0 Å². The second-order valence-corrected chi connectivity index (χ2v) is 11.1. The molecule has 2 fully saturated rings. The largest absolute Gasteiger partial charge is 0.340 e. The van der Waals surface area contributed by atoms with Gasteiger partial charge in [0.1, 0.15) is 0 Å². The van der Waals surface area contributed by atoms with Crippen molar-refractivity contribution in [1.29, 1.82) is 0 Å². The molecule has 0 radical (unpaired) electrons. The Labute approximate surface area is 193 Å². The molecular weight excluding hydrogens is 478 g/mol.